The Hall–Kier alpha value is -3.62. The minimum atomic E-state index is -4.45. The highest BCUT2D eigenvalue weighted by Gasteiger charge is 2.31. The summed E-state index contributed by atoms with van der Waals surface area (Å²) >= 11 is 0. The molecule has 0 saturated carbocycles. The zero-order valence-electron chi connectivity index (χ0n) is 21.2. The lowest BCUT2D eigenvalue weighted by Crippen LogP contribution is -2.52. The van der Waals surface area contributed by atoms with Gasteiger partial charge in [0.2, 0.25) is 0 Å². The molecule has 0 aliphatic carbocycles. The van der Waals surface area contributed by atoms with E-state index >= 15 is 0 Å². The van der Waals surface area contributed by atoms with Gasteiger partial charge in [0, 0.05) is 56.0 Å². The fourth-order valence-corrected chi connectivity index (χ4v) is 4.42. The monoisotopic (exact) mass is 511 g/mol. The van der Waals surface area contributed by atoms with Crippen molar-refractivity contribution >= 4 is 11.8 Å². The van der Waals surface area contributed by atoms with Crippen LogP contribution in [-0.4, -0.2) is 53.6 Å². The van der Waals surface area contributed by atoms with E-state index in [9.17, 15) is 18.0 Å². The quantitative estimate of drug-likeness (QED) is 0.414. The van der Waals surface area contributed by atoms with Gasteiger partial charge in [-0.3, -0.25) is 0 Å². The number of hydrogen-bond donors (Lipinski definition) is 1. The molecule has 1 aliphatic heterocycles. The number of amides is 2. The molecule has 0 atom stereocenters. The minimum Gasteiger partial charge on any atom is -0.353 e. The minimum absolute atomic E-state index is 0.0684. The van der Waals surface area contributed by atoms with Crippen LogP contribution in [0.5, 0.6) is 0 Å². The molecule has 4 rings (SSSR count). The summed E-state index contributed by atoms with van der Waals surface area (Å²) in [4.78, 5) is 25.8. The molecule has 2 aromatic carbocycles. The molecule has 0 unspecified atom stereocenters. The lowest BCUT2D eigenvalue weighted by Gasteiger charge is -2.36. The second kappa shape index (κ2) is 11.6. The van der Waals surface area contributed by atoms with Gasteiger partial charge in [-0.25, -0.2) is 14.8 Å². The molecule has 1 aliphatic rings. The van der Waals surface area contributed by atoms with Gasteiger partial charge in [-0.2, -0.15) is 13.2 Å². The Morgan fingerprint density at radius 1 is 1.00 bits per heavy atom. The van der Waals surface area contributed by atoms with Crippen LogP contribution in [0.15, 0.2) is 54.6 Å². The number of carbonyl (C=O) groups is 1. The number of piperazine rings is 1. The van der Waals surface area contributed by atoms with Gasteiger partial charge >= 0.3 is 12.2 Å². The van der Waals surface area contributed by atoms with Crippen LogP contribution in [0, 0.1) is 6.92 Å². The summed E-state index contributed by atoms with van der Waals surface area (Å²) in [5.74, 6) is 0.963. The number of aryl methyl sites for hydroxylation is 1. The second-order valence-corrected chi connectivity index (χ2v) is 9.24. The number of halogens is 3. The zero-order valence-corrected chi connectivity index (χ0v) is 21.2. The van der Waals surface area contributed by atoms with Crippen molar-refractivity contribution in [2.75, 3.05) is 37.6 Å². The van der Waals surface area contributed by atoms with Crippen LogP contribution < -0.4 is 10.2 Å². The molecule has 1 aromatic heterocycles. The molecule has 1 N–H and O–H groups in total. The van der Waals surface area contributed by atoms with Crippen molar-refractivity contribution in [1.29, 1.82) is 0 Å². The van der Waals surface area contributed by atoms with Gasteiger partial charge in [-0.05, 0) is 31.0 Å². The Bertz CT molecular complexity index is 1210. The second-order valence-electron chi connectivity index (χ2n) is 9.24. The Morgan fingerprint density at radius 2 is 1.73 bits per heavy atom. The van der Waals surface area contributed by atoms with Gasteiger partial charge in [-0.15, -0.1) is 0 Å². The summed E-state index contributed by atoms with van der Waals surface area (Å²) < 4.78 is 40.1. The van der Waals surface area contributed by atoms with Crippen molar-refractivity contribution in [3.05, 3.63) is 77.0 Å². The first-order valence-corrected chi connectivity index (χ1v) is 12.6. The maximum atomic E-state index is 13.4. The van der Waals surface area contributed by atoms with E-state index in [-0.39, 0.29) is 11.9 Å². The molecule has 37 heavy (non-hydrogen) atoms. The van der Waals surface area contributed by atoms with Crippen LogP contribution in [0.2, 0.25) is 0 Å². The summed E-state index contributed by atoms with van der Waals surface area (Å²) in [6.07, 6.45) is -1.90. The van der Waals surface area contributed by atoms with E-state index in [4.69, 9.17) is 4.98 Å². The van der Waals surface area contributed by atoms with Crippen LogP contribution >= 0.6 is 0 Å². The molecule has 1 saturated heterocycles. The lowest BCUT2D eigenvalue weighted by molar-refractivity contribution is -0.137. The Balaban J connectivity index is 1.64. The van der Waals surface area contributed by atoms with Crippen LogP contribution in [0.3, 0.4) is 0 Å². The third kappa shape index (κ3) is 6.58. The third-order valence-corrected chi connectivity index (χ3v) is 6.54. The van der Waals surface area contributed by atoms with Crippen molar-refractivity contribution in [3.8, 4) is 11.4 Å². The van der Waals surface area contributed by atoms with E-state index in [2.05, 4.69) is 22.1 Å². The first kappa shape index (κ1) is 26.4. The standard InChI is InChI=1S/C28H32F3N5O/c1-3-4-13-32-27(37)36-16-14-35(15-17-36)26-24(18-21-9-6-5-7-10-21)20(2)33-25(34-26)22-11-8-12-23(19-22)28(29,30)31/h5-12,19H,3-4,13-18H2,1-2H3,(H,32,37). The van der Waals surface area contributed by atoms with Crippen molar-refractivity contribution in [3.63, 3.8) is 0 Å². The highest BCUT2D eigenvalue weighted by Crippen LogP contribution is 2.33. The number of hydrogen-bond acceptors (Lipinski definition) is 4. The summed E-state index contributed by atoms with van der Waals surface area (Å²) in [6.45, 7) is 6.81. The highest BCUT2D eigenvalue weighted by atomic mass is 19.4. The van der Waals surface area contributed by atoms with E-state index in [1.165, 1.54) is 6.07 Å². The van der Waals surface area contributed by atoms with Crippen molar-refractivity contribution < 1.29 is 18.0 Å². The fraction of sp³-hybridized carbons (Fsp3) is 0.393. The van der Waals surface area contributed by atoms with Crippen LogP contribution in [0.4, 0.5) is 23.8 Å². The van der Waals surface area contributed by atoms with Crippen molar-refractivity contribution in [1.82, 2.24) is 20.2 Å². The maximum Gasteiger partial charge on any atom is 0.416 e. The topological polar surface area (TPSA) is 61.4 Å². The normalized spacial score (nSPS) is 14.1. The lowest BCUT2D eigenvalue weighted by atomic mass is 10.0. The zero-order chi connectivity index (χ0) is 26.4. The molecule has 0 radical (unpaired) electrons. The Labute approximate surface area is 215 Å². The number of nitrogens with one attached hydrogen (secondary N) is 1. The van der Waals surface area contributed by atoms with Gasteiger partial charge < -0.3 is 15.1 Å². The Kier molecular flexibility index (Phi) is 8.31. The summed E-state index contributed by atoms with van der Waals surface area (Å²) in [5, 5.41) is 2.96. The number of anilines is 1. The summed E-state index contributed by atoms with van der Waals surface area (Å²) in [6, 6.07) is 15.0. The van der Waals surface area contributed by atoms with Gasteiger partial charge in [0.25, 0.3) is 0 Å². The molecule has 0 spiro atoms. The number of benzene rings is 2. The largest absolute Gasteiger partial charge is 0.416 e. The van der Waals surface area contributed by atoms with Gasteiger partial charge in [0.05, 0.1) is 5.56 Å². The van der Waals surface area contributed by atoms with Gasteiger partial charge in [0.1, 0.15) is 5.82 Å². The summed E-state index contributed by atoms with van der Waals surface area (Å²) in [7, 11) is 0. The first-order chi connectivity index (χ1) is 17.8. The van der Waals surface area contributed by atoms with Gasteiger partial charge in [-0.1, -0.05) is 55.8 Å². The molecule has 6 nitrogen and oxygen atoms in total. The molecule has 1 fully saturated rings. The fourth-order valence-electron chi connectivity index (χ4n) is 4.42. The molecular weight excluding hydrogens is 479 g/mol. The number of nitrogens with zero attached hydrogens (tertiary/aromatic N) is 4. The van der Waals surface area contributed by atoms with Crippen LogP contribution in [0.25, 0.3) is 11.4 Å². The van der Waals surface area contributed by atoms with Crippen LogP contribution in [0.1, 0.15) is 42.1 Å². The average molecular weight is 512 g/mol. The van der Waals surface area contributed by atoms with E-state index in [1.807, 2.05) is 37.3 Å². The maximum absolute atomic E-state index is 13.4. The SMILES string of the molecule is CCCCNC(=O)N1CCN(c2nc(-c3cccc(C(F)(F)F)c3)nc(C)c2Cc2ccccc2)CC1. The molecule has 0 bridgehead atoms. The van der Waals surface area contributed by atoms with E-state index < -0.39 is 11.7 Å². The molecule has 2 heterocycles. The van der Waals surface area contributed by atoms with Crippen LogP contribution in [-0.2, 0) is 12.6 Å². The first-order valence-electron chi connectivity index (χ1n) is 12.6. The van der Waals surface area contributed by atoms with Gasteiger partial charge in [0.15, 0.2) is 5.82 Å². The summed E-state index contributed by atoms with van der Waals surface area (Å²) in [5.41, 5.74) is 2.34. The van der Waals surface area contributed by atoms with E-state index in [1.54, 1.807) is 11.0 Å². The molecule has 3 aromatic rings. The van der Waals surface area contributed by atoms with Crippen molar-refractivity contribution in [2.45, 2.75) is 39.3 Å². The van der Waals surface area contributed by atoms with Crippen molar-refractivity contribution in [2.24, 2.45) is 0 Å². The molecule has 196 valence electrons. The number of unbranched alkanes of at least 4 members (excludes halogenated alkanes) is 1. The number of aromatic nitrogens is 2. The molecule has 2 amide bonds. The third-order valence-electron chi connectivity index (χ3n) is 6.54. The number of alkyl halides is 3. The smallest absolute Gasteiger partial charge is 0.353 e. The number of urea groups is 1. The number of rotatable bonds is 7. The van der Waals surface area contributed by atoms with E-state index in [0.717, 1.165) is 41.8 Å². The van der Waals surface area contributed by atoms with E-state index in [0.29, 0.717) is 50.5 Å². The molecular formula is C28H32F3N5O. The predicted molar refractivity (Wildman–Crippen MR) is 139 cm³/mol. The molecule has 9 heteroatoms. The Morgan fingerprint density at radius 3 is 2.41 bits per heavy atom. The highest BCUT2D eigenvalue weighted by molar-refractivity contribution is 5.74. The average Bonchev–Trinajstić information content (AvgIpc) is 2.90. The predicted octanol–water partition coefficient (Wildman–Crippen LogP) is 5.69. The number of carbonyl (C=O) groups excluding carboxylic acids is 1.